The van der Waals surface area contributed by atoms with Crippen LogP contribution in [0.2, 0.25) is 0 Å². The van der Waals surface area contributed by atoms with Crippen LogP contribution < -0.4 is 10.6 Å². The number of nitrogens with zero attached hydrogens (tertiary/aromatic N) is 1. The maximum atomic E-state index is 12.5. The van der Waals surface area contributed by atoms with Gasteiger partial charge in [0.05, 0.1) is 12.5 Å². The summed E-state index contributed by atoms with van der Waals surface area (Å²) in [5.41, 5.74) is 0. The minimum atomic E-state index is -0.0200. The number of thiophene rings is 1. The summed E-state index contributed by atoms with van der Waals surface area (Å²) in [7, 11) is 0. The molecule has 2 saturated heterocycles. The molecule has 1 aromatic rings. The molecule has 132 valence electrons. The second kappa shape index (κ2) is 8.12. The zero-order valence-electron chi connectivity index (χ0n) is 14.3. The molecule has 5 nitrogen and oxygen atoms in total. The van der Waals surface area contributed by atoms with Crippen LogP contribution in [-0.2, 0) is 16.0 Å². The van der Waals surface area contributed by atoms with Gasteiger partial charge < -0.3 is 15.5 Å². The van der Waals surface area contributed by atoms with Crippen LogP contribution in [0.25, 0.3) is 0 Å². The van der Waals surface area contributed by atoms with Crippen LogP contribution in [0.4, 0.5) is 0 Å². The lowest BCUT2D eigenvalue weighted by Gasteiger charge is -2.33. The molecule has 0 spiro atoms. The summed E-state index contributed by atoms with van der Waals surface area (Å²) in [5.74, 6) is 0.702. The lowest BCUT2D eigenvalue weighted by atomic mass is 9.97. The first-order valence-electron chi connectivity index (χ1n) is 8.96. The minimum Gasteiger partial charge on any atom is -0.354 e. The van der Waals surface area contributed by atoms with Crippen LogP contribution in [0.1, 0.15) is 35.4 Å². The molecule has 2 unspecified atom stereocenters. The Morgan fingerprint density at radius 2 is 2.21 bits per heavy atom. The van der Waals surface area contributed by atoms with E-state index in [9.17, 15) is 9.59 Å². The van der Waals surface area contributed by atoms with Gasteiger partial charge in [0.15, 0.2) is 0 Å². The molecule has 2 atom stereocenters. The van der Waals surface area contributed by atoms with Gasteiger partial charge in [-0.2, -0.15) is 0 Å². The van der Waals surface area contributed by atoms with E-state index in [-0.39, 0.29) is 17.9 Å². The first-order valence-corrected chi connectivity index (χ1v) is 9.77. The van der Waals surface area contributed by atoms with Gasteiger partial charge >= 0.3 is 0 Å². The smallest absolute Gasteiger partial charge is 0.237 e. The Morgan fingerprint density at radius 1 is 1.33 bits per heavy atom. The lowest BCUT2D eigenvalue weighted by Crippen LogP contribution is -2.47. The van der Waals surface area contributed by atoms with E-state index in [0.29, 0.717) is 18.9 Å². The molecule has 0 saturated carbocycles. The number of carbonyl (C=O) groups is 2. The third-order valence-electron chi connectivity index (χ3n) is 4.93. The Morgan fingerprint density at radius 3 is 2.92 bits per heavy atom. The molecule has 0 aliphatic carbocycles. The molecule has 2 aliphatic rings. The number of likely N-dealkylation sites (tertiary alicyclic amines) is 1. The predicted molar refractivity (Wildman–Crippen MR) is 96.1 cm³/mol. The van der Waals surface area contributed by atoms with Crippen molar-refractivity contribution in [2.45, 2.75) is 45.1 Å². The SMILES string of the molecule is Cc1ccc(CC(=O)N2CCCC(CNC(=O)C3CCCN3)C2)s1. The minimum absolute atomic E-state index is 0.0200. The largest absolute Gasteiger partial charge is 0.354 e. The Hall–Kier alpha value is -1.40. The number of rotatable bonds is 5. The van der Waals surface area contributed by atoms with Crippen molar-refractivity contribution in [2.75, 3.05) is 26.2 Å². The molecule has 24 heavy (non-hydrogen) atoms. The van der Waals surface area contributed by atoms with Crippen molar-refractivity contribution in [1.82, 2.24) is 15.5 Å². The molecule has 2 aliphatic heterocycles. The van der Waals surface area contributed by atoms with E-state index < -0.39 is 0 Å². The van der Waals surface area contributed by atoms with Crippen LogP contribution in [0.15, 0.2) is 12.1 Å². The van der Waals surface area contributed by atoms with E-state index in [1.54, 1.807) is 11.3 Å². The average molecular weight is 350 g/mol. The van der Waals surface area contributed by atoms with Gasteiger partial charge in [-0.05, 0) is 57.2 Å². The molecule has 2 fully saturated rings. The van der Waals surface area contributed by atoms with Crippen molar-refractivity contribution in [3.8, 4) is 0 Å². The molecule has 0 radical (unpaired) electrons. The first-order chi connectivity index (χ1) is 11.6. The van der Waals surface area contributed by atoms with Crippen molar-refractivity contribution >= 4 is 23.2 Å². The van der Waals surface area contributed by atoms with E-state index in [4.69, 9.17) is 0 Å². The maximum absolute atomic E-state index is 12.5. The number of carbonyl (C=O) groups excluding carboxylic acids is 2. The van der Waals surface area contributed by atoms with Crippen LogP contribution in [0.3, 0.4) is 0 Å². The standard InChI is InChI=1S/C18H27N3O2S/c1-13-6-7-15(24-13)10-17(22)21-9-3-4-14(12-21)11-20-18(23)16-5-2-8-19-16/h6-7,14,16,19H,2-5,8-12H2,1H3,(H,20,23). The van der Waals surface area contributed by atoms with E-state index in [0.717, 1.165) is 50.2 Å². The van der Waals surface area contributed by atoms with E-state index in [1.807, 2.05) is 11.0 Å². The van der Waals surface area contributed by atoms with Crippen molar-refractivity contribution in [3.63, 3.8) is 0 Å². The molecule has 3 rings (SSSR count). The quantitative estimate of drug-likeness (QED) is 0.851. The molecule has 2 amide bonds. The molecule has 3 heterocycles. The third-order valence-corrected chi connectivity index (χ3v) is 5.94. The van der Waals surface area contributed by atoms with Crippen molar-refractivity contribution in [3.05, 3.63) is 21.9 Å². The third kappa shape index (κ3) is 4.57. The highest BCUT2D eigenvalue weighted by molar-refractivity contribution is 7.12. The van der Waals surface area contributed by atoms with Crippen LogP contribution >= 0.6 is 11.3 Å². The van der Waals surface area contributed by atoms with Gasteiger partial charge in [0, 0.05) is 29.4 Å². The number of hydrogen-bond donors (Lipinski definition) is 2. The first kappa shape index (κ1) is 17.4. The fraction of sp³-hybridized carbons (Fsp3) is 0.667. The monoisotopic (exact) mass is 349 g/mol. The Labute approximate surface area is 147 Å². The zero-order chi connectivity index (χ0) is 16.9. The topological polar surface area (TPSA) is 61.4 Å². The second-order valence-electron chi connectivity index (χ2n) is 6.93. The molecular formula is C18H27N3O2S. The summed E-state index contributed by atoms with van der Waals surface area (Å²) < 4.78 is 0. The van der Waals surface area contributed by atoms with Gasteiger partial charge in [0.1, 0.15) is 0 Å². The van der Waals surface area contributed by atoms with Crippen molar-refractivity contribution in [2.24, 2.45) is 5.92 Å². The summed E-state index contributed by atoms with van der Waals surface area (Å²) >= 11 is 1.70. The molecule has 1 aromatic heterocycles. The fourth-order valence-corrected chi connectivity index (χ4v) is 4.46. The molecule has 6 heteroatoms. The van der Waals surface area contributed by atoms with E-state index >= 15 is 0 Å². The van der Waals surface area contributed by atoms with Crippen LogP contribution in [-0.4, -0.2) is 48.9 Å². The highest BCUT2D eigenvalue weighted by atomic mass is 32.1. The number of piperidine rings is 1. The van der Waals surface area contributed by atoms with Gasteiger partial charge in [0.25, 0.3) is 0 Å². The summed E-state index contributed by atoms with van der Waals surface area (Å²) in [6.07, 6.45) is 4.62. The van der Waals surface area contributed by atoms with Gasteiger partial charge in [-0.1, -0.05) is 0 Å². The Bertz CT molecular complexity index is 581. The Balaban J connectivity index is 1.45. The average Bonchev–Trinajstić information content (AvgIpc) is 3.25. The van der Waals surface area contributed by atoms with Gasteiger partial charge in [-0.25, -0.2) is 0 Å². The number of nitrogens with one attached hydrogen (secondary N) is 2. The summed E-state index contributed by atoms with van der Waals surface area (Å²) in [5, 5.41) is 6.29. The van der Waals surface area contributed by atoms with Crippen molar-refractivity contribution in [1.29, 1.82) is 0 Å². The molecule has 0 bridgehead atoms. The summed E-state index contributed by atoms with van der Waals surface area (Å²) in [6.45, 7) is 5.29. The zero-order valence-corrected chi connectivity index (χ0v) is 15.2. The predicted octanol–water partition coefficient (Wildman–Crippen LogP) is 1.71. The fourth-order valence-electron chi connectivity index (χ4n) is 3.58. The Kier molecular flexibility index (Phi) is 5.89. The normalized spacial score (nSPS) is 24.1. The molecular weight excluding hydrogens is 322 g/mol. The van der Waals surface area contributed by atoms with Gasteiger partial charge in [-0.15, -0.1) is 11.3 Å². The van der Waals surface area contributed by atoms with Crippen molar-refractivity contribution < 1.29 is 9.59 Å². The van der Waals surface area contributed by atoms with E-state index in [2.05, 4.69) is 23.6 Å². The maximum Gasteiger partial charge on any atom is 0.237 e. The molecule has 0 aromatic carbocycles. The van der Waals surface area contributed by atoms with Gasteiger partial charge in [-0.3, -0.25) is 9.59 Å². The summed E-state index contributed by atoms with van der Waals surface area (Å²) in [6, 6.07) is 4.10. The van der Waals surface area contributed by atoms with Crippen LogP contribution in [0.5, 0.6) is 0 Å². The number of aryl methyl sites for hydroxylation is 1. The number of hydrogen-bond acceptors (Lipinski definition) is 4. The van der Waals surface area contributed by atoms with E-state index in [1.165, 1.54) is 4.88 Å². The summed E-state index contributed by atoms with van der Waals surface area (Å²) in [4.78, 5) is 29.0. The highest BCUT2D eigenvalue weighted by Gasteiger charge is 2.26. The highest BCUT2D eigenvalue weighted by Crippen LogP contribution is 2.20. The van der Waals surface area contributed by atoms with Crippen LogP contribution in [0, 0.1) is 12.8 Å². The second-order valence-corrected chi connectivity index (χ2v) is 8.30. The molecule has 2 N–H and O–H groups in total. The van der Waals surface area contributed by atoms with Gasteiger partial charge in [0.2, 0.25) is 11.8 Å². The lowest BCUT2D eigenvalue weighted by molar-refractivity contribution is -0.132. The number of amides is 2.